The van der Waals surface area contributed by atoms with Crippen LogP contribution in [0.4, 0.5) is 23.0 Å². The van der Waals surface area contributed by atoms with Gasteiger partial charge in [0.25, 0.3) is 5.91 Å². The third-order valence-corrected chi connectivity index (χ3v) is 6.26. The van der Waals surface area contributed by atoms with Crippen LogP contribution >= 0.6 is 0 Å². The molecule has 1 amide bonds. The van der Waals surface area contributed by atoms with E-state index >= 15 is 0 Å². The maximum absolute atomic E-state index is 12.2. The molecule has 32 heavy (non-hydrogen) atoms. The Morgan fingerprint density at radius 1 is 1.09 bits per heavy atom. The van der Waals surface area contributed by atoms with E-state index in [4.69, 9.17) is 10.7 Å². The van der Waals surface area contributed by atoms with Crippen molar-refractivity contribution in [1.29, 1.82) is 0 Å². The SMILES string of the molecule is CCc1nc(C(N)=O)c(Nc2ccc(N3CCN(C)CC3)cc2C)nc1N1CCNCC1. The molecule has 0 unspecified atom stereocenters. The van der Waals surface area contributed by atoms with Crippen LogP contribution in [0.25, 0.3) is 0 Å². The minimum atomic E-state index is -0.576. The summed E-state index contributed by atoms with van der Waals surface area (Å²) >= 11 is 0. The minimum Gasteiger partial charge on any atom is -0.369 e. The summed E-state index contributed by atoms with van der Waals surface area (Å²) in [5.74, 6) is 0.667. The number of carbonyl (C=O) groups excluding carboxylic acids is 1. The van der Waals surface area contributed by atoms with Crippen LogP contribution in [0.3, 0.4) is 0 Å². The minimum absolute atomic E-state index is 0.184. The molecule has 0 aliphatic carbocycles. The summed E-state index contributed by atoms with van der Waals surface area (Å²) in [6.45, 7) is 11.8. The second-order valence-corrected chi connectivity index (χ2v) is 8.56. The normalized spacial score (nSPS) is 17.5. The van der Waals surface area contributed by atoms with Crippen molar-refractivity contribution in [2.45, 2.75) is 20.3 Å². The number of piperazine rings is 2. The number of aromatic nitrogens is 2. The Morgan fingerprint density at radius 2 is 1.81 bits per heavy atom. The Hall–Kier alpha value is -2.91. The van der Waals surface area contributed by atoms with E-state index < -0.39 is 5.91 Å². The van der Waals surface area contributed by atoms with Crippen LogP contribution in [0, 0.1) is 6.92 Å². The first-order chi connectivity index (χ1) is 15.5. The molecular weight excluding hydrogens is 404 g/mol. The largest absolute Gasteiger partial charge is 0.369 e. The quantitative estimate of drug-likeness (QED) is 0.621. The van der Waals surface area contributed by atoms with Gasteiger partial charge in [-0.05, 0) is 44.2 Å². The monoisotopic (exact) mass is 438 g/mol. The third-order valence-electron chi connectivity index (χ3n) is 6.26. The summed E-state index contributed by atoms with van der Waals surface area (Å²) in [7, 11) is 2.16. The molecule has 9 nitrogen and oxygen atoms in total. The molecule has 4 rings (SSSR count). The maximum atomic E-state index is 12.2. The number of likely N-dealkylation sites (N-methyl/N-ethyl adjacent to an activating group) is 1. The molecule has 2 aliphatic rings. The molecule has 172 valence electrons. The molecule has 9 heteroatoms. The van der Waals surface area contributed by atoms with Gasteiger partial charge in [0.15, 0.2) is 17.3 Å². The van der Waals surface area contributed by atoms with Crippen LogP contribution in [0.15, 0.2) is 18.2 Å². The fourth-order valence-electron chi connectivity index (χ4n) is 4.26. The van der Waals surface area contributed by atoms with Crippen LogP contribution in [0.1, 0.15) is 28.7 Å². The molecule has 0 spiro atoms. The summed E-state index contributed by atoms with van der Waals surface area (Å²) in [4.78, 5) is 28.6. The van der Waals surface area contributed by atoms with Gasteiger partial charge >= 0.3 is 0 Å². The second kappa shape index (κ2) is 9.70. The molecule has 2 saturated heterocycles. The highest BCUT2D eigenvalue weighted by molar-refractivity contribution is 5.96. The number of benzene rings is 1. The van der Waals surface area contributed by atoms with Crippen LogP contribution in [0.5, 0.6) is 0 Å². The van der Waals surface area contributed by atoms with Gasteiger partial charge in [-0.2, -0.15) is 0 Å². The van der Waals surface area contributed by atoms with Gasteiger partial charge in [0.05, 0.1) is 5.69 Å². The summed E-state index contributed by atoms with van der Waals surface area (Å²) in [6.07, 6.45) is 0.686. The van der Waals surface area contributed by atoms with Gasteiger partial charge < -0.3 is 31.1 Å². The molecule has 0 saturated carbocycles. The molecule has 0 bridgehead atoms. The first-order valence-electron chi connectivity index (χ1n) is 11.4. The molecule has 1 aromatic carbocycles. The lowest BCUT2D eigenvalue weighted by Crippen LogP contribution is -2.44. The van der Waals surface area contributed by atoms with Crippen molar-refractivity contribution in [2.24, 2.45) is 5.73 Å². The molecular formula is C23H34N8O. The Bertz CT molecular complexity index is 965. The zero-order valence-corrected chi connectivity index (χ0v) is 19.3. The summed E-state index contributed by atoms with van der Waals surface area (Å²) < 4.78 is 0. The zero-order valence-electron chi connectivity index (χ0n) is 19.3. The fraction of sp³-hybridized carbons (Fsp3) is 0.522. The first-order valence-corrected chi connectivity index (χ1v) is 11.4. The lowest BCUT2D eigenvalue weighted by atomic mass is 10.1. The number of nitrogens with zero attached hydrogens (tertiary/aromatic N) is 5. The van der Waals surface area contributed by atoms with Crippen molar-refractivity contribution in [3.63, 3.8) is 0 Å². The topological polar surface area (TPSA) is 103 Å². The van der Waals surface area contributed by atoms with Crippen molar-refractivity contribution in [3.05, 3.63) is 35.2 Å². The predicted molar refractivity (Wildman–Crippen MR) is 129 cm³/mol. The van der Waals surface area contributed by atoms with E-state index in [1.54, 1.807) is 0 Å². The van der Waals surface area contributed by atoms with Crippen LogP contribution in [0.2, 0.25) is 0 Å². The molecule has 2 fully saturated rings. The molecule has 0 atom stereocenters. The molecule has 2 aliphatic heterocycles. The van der Waals surface area contributed by atoms with E-state index in [0.717, 1.165) is 75.1 Å². The van der Waals surface area contributed by atoms with Crippen molar-refractivity contribution in [3.8, 4) is 0 Å². The lowest BCUT2D eigenvalue weighted by molar-refractivity contribution is 0.0996. The predicted octanol–water partition coefficient (Wildman–Crippen LogP) is 1.35. The third kappa shape index (κ3) is 4.78. The van der Waals surface area contributed by atoms with E-state index in [9.17, 15) is 4.79 Å². The van der Waals surface area contributed by atoms with Crippen molar-refractivity contribution >= 4 is 28.9 Å². The highest BCUT2D eigenvalue weighted by Crippen LogP contribution is 2.29. The number of primary amides is 1. The van der Waals surface area contributed by atoms with E-state index in [0.29, 0.717) is 12.2 Å². The molecule has 4 N–H and O–H groups in total. The summed E-state index contributed by atoms with van der Waals surface area (Å²) in [5, 5.41) is 6.71. The van der Waals surface area contributed by atoms with Gasteiger partial charge in [-0.1, -0.05) is 6.92 Å². The highest BCUT2D eigenvalue weighted by atomic mass is 16.1. The maximum Gasteiger partial charge on any atom is 0.271 e. The average molecular weight is 439 g/mol. The van der Waals surface area contributed by atoms with Crippen molar-refractivity contribution in [1.82, 2.24) is 20.2 Å². The lowest BCUT2D eigenvalue weighted by Gasteiger charge is -2.34. The van der Waals surface area contributed by atoms with Crippen LogP contribution in [-0.2, 0) is 6.42 Å². The van der Waals surface area contributed by atoms with Gasteiger partial charge in [-0.25, -0.2) is 9.97 Å². The zero-order chi connectivity index (χ0) is 22.7. The second-order valence-electron chi connectivity index (χ2n) is 8.56. The van der Waals surface area contributed by atoms with E-state index in [1.165, 1.54) is 5.69 Å². The number of nitrogens with one attached hydrogen (secondary N) is 2. The number of amides is 1. The van der Waals surface area contributed by atoms with E-state index in [-0.39, 0.29) is 5.69 Å². The molecule has 3 heterocycles. The molecule has 1 aromatic heterocycles. The van der Waals surface area contributed by atoms with Gasteiger partial charge in [0.1, 0.15) is 0 Å². The number of anilines is 4. The van der Waals surface area contributed by atoms with Gasteiger partial charge in [-0.15, -0.1) is 0 Å². The van der Waals surface area contributed by atoms with Gasteiger partial charge in [0.2, 0.25) is 0 Å². The number of rotatable bonds is 6. The van der Waals surface area contributed by atoms with E-state index in [1.807, 2.05) is 13.0 Å². The van der Waals surface area contributed by atoms with Crippen LogP contribution < -0.4 is 26.2 Å². The highest BCUT2D eigenvalue weighted by Gasteiger charge is 2.22. The van der Waals surface area contributed by atoms with E-state index in [2.05, 4.69) is 56.4 Å². The number of aryl methyl sites for hydroxylation is 2. The van der Waals surface area contributed by atoms with Gasteiger partial charge in [0, 0.05) is 63.7 Å². The first kappa shape index (κ1) is 22.3. The Labute approximate surface area is 190 Å². The number of hydrogen-bond acceptors (Lipinski definition) is 8. The van der Waals surface area contributed by atoms with Crippen molar-refractivity contribution < 1.29 is 4.79 Å². The standard InChI is InChI=1S/C23H34N8O/c1-4-18-23(31-9-7-25-8-10-31)28-22(20(26-18)21(24)32)27-19-6-5-17(15-16(19)2)30-13-11-29(3)12-14-30/h5-6,15,25H,4,7-14H2,1-3H3,(H2,24,32)(H,27,28). The Kier molecular flexibility index (Phi) is 6.76. The average Bonchev–Trinajstić information content (AvgIpc) is 2.81. The van der Waals surface area contributed by atoms with Crippen LogP contribution in [-0.4, -0.2) is 80.2 Å². The molecule has 2 aromatic rings. The number of hydrogen-bond donors (Lipinski definition) is 3. The number of carbonyl (C=O) groups is 1. The number of nitrogens with two attached hydrogens (primary N) is 1. The molecule has 0 radical (unpaired) electrons. The van der Waals surface area contributed by atoms with Crippen molar-refractivity contribution in [2.75, 3.05) is 74.5 Å². The van der Waals surface area contributed by atoms with Gasteiger partial charge in [-0.3, -0.25) is 4.79 Å². The summed E-state index contributed by atoms with van der Waals surface area (Å²) in [6, 6.07) is 6.35. The summed E-state index contributed by atoms with van der Waals surface area (Å²) in [5.41, 5.74) is 9.86. The Balaban J connectivity index is 1.63. The smallest absolute Gasteiger partial charge is 0.271 e. The Morgan fingerprint density at radius 3 is 2.44 bits per heavy atom. The fourth-order valence-corrected chi connectivity index (χ4v) is 4.26.